The first-order chi connectivity index (χ1) is 12.3. The Labute approximate surface area is 160 Å². The molecule has 3 aromatic rings. The molecular weight excluding hydrogens is 372 g/mol. The zero-order chi connectivity index (χ0) is 18.7. The number of aromatic nitrogens is 3. The topological polar surface area (TPSA) is 80.9 Å². The van der Waals surface area contributed by atoms with Gasteiger partial charge in [-0.2, -0.15) is 0 Å². The summed E-state index contributed by atoms with van der Waals surface area (Å²) in [5, 5.41) is 13.0. The minimum absolute atomic E-state index is 0.0865. The lowest BCUT2D eigenvalue weighted by Gasteiger charge is -2.12. The summed E-state index contributed by atoms with van der Waals surface area (Å²) in [5.41, 5.74) is 0.803. The molecule has 8 heteroatoms. The molecule has 0 fully saturated rings. The van der Waals surface area contributed by atoms with Crippen molar-refractivity contribution < 1.29 is 9.21 Å². The lowest BCUT2D eigenvalue weighted by Crippen LogP contribution is -2.12. The van der Waals surface area contributed by atoms with Crippen LogP contribution in [0.15, 0.2) is 34.9 Å². The molecule has 6 nitrogen and oxygen atoms in total. The summed E-state index contributed by atoms with van der Waals surface area (Å²) >= 11 is 7.27. The normalized spacial score (nSPS) is 11.5. The van der Waals surface area contributed by atoms with Crippen LogP contribution < -0.4 is 5.32 Å². The molecule has 1 aromatic carbocycles. The molecule has 0 bridgehead atoms. The van der Waals surface area contributed by atoms with Gasteiger partial charge >= 0.3 is 0 Å². The van der Waals surface area contributed by atoms with Crippen LogP contribution in [0.3, 0.4) is 0 Å². The highest BCUT2D eigenvalue weighted by molar-refractivity contribution is 7.15. The van der Waals surface area contributed by atoms with Crippen molar-refractivity contribution in [1.82, 2.24) is 15.2 Å². The summed E-state index contributed by atoms with van der Waals surface area (Å²) in [5.74, 6) is 1.02. The van der Waals surface area contributed by atoms with Crippen molar-refractivity contribution in [3.63, 3.8) is 0 Å². The van der Waals surface area contributed by atoms with Crippen molar-refractivity contribution in [2.24, 2.45) is 0 Å². The first kappa shape index (κ1) is 18.5. The van der Waals surface area contributed by atoms with E-state index in [0.29, 0.717) is 28.2 Å². The van der Waals surface area contributed by atoms with Crippen LogP contribution in [0, 0.1) is 0 Å². The molecule has 0 aliphatic heterocycles. The van der Waals surface area contributed by atoms with E-state index < -0.39 is 0 Å². The first-order valence-corrected chi connectivity index (χ1v) is 9.35. The van der Waals surface area contributed by atoms with Crippen LogP contribution in [0.5, 0.6) is 0 Å². The van der Waals surface area contributed by atoms with Gasteiger partial charge in [-0.05, 0) is 24.3 Å². The molecule has 1 N–H and O–H groups in total. The molecule has 0 saturated carbocycles. The number of carbonyl (C=O) groups is 1. The van der Waals surface area contributed by atoms with Crippen LogP contribution >= 0.6 is 22.9 Å². The Balaban J connectivity index is 1.55. The SMILES string of the molecule is CC(C)(C)c1nnc(NC(=O)CCc2ncc(-c3ccc(Cl)cc3)o2)s1. The third-order valence-electron chi connectivity index (χ3n) is 3.56. The van der Waals surface area contributed by atoms with Gasteiger partial charge in [-0.25, -0.2) is 4.98 Å². The maximum Gasteiger partial charge on any atom is 0.226 e. The predicted molar refractivity (Wildman–Crippen MR) is 103 cm³/mol. The van der Waals surface area contributed by atoms with Gasteiger partial charge in [0.25, 0.3) is 0 Å². The molecule has 0 radical (unpaired) electrons. The number of hydrogen-bond acceptors (Lipinski definition) is 6. The van der Waals surface area contributed by atoms with E-state index in [9.17, 15) is 4.79 Å². The highest BCUT2D eigenvalue weighted by Gasteiger charge is 2.20. The lowest BCUT2D eigenvalue weighted by atomic mass is 9.98. The molecule has 2 heterocycles. The van der Waals surface area contributed by atoms with E-state index in [-0.39, 0.29) is 17.7 Å². The van der Waals surface area contributed by atoms with Crippen molar-refractivity contribution in [1.29, 1.82) is 0 Å². The fourth-order valence-corrected chi connectivity index (χ4v) is 3.10. The summed E-state index contributed by atoms with van der Waals surface area (Å²) in [4.78, 5) is 16.3. The van der Waals surface area contributed by atoms with Crippen LogP contribution in [0.25, 0.3) is 11.3 Å². The molecule has 0 saturated heterocycles. The van der Waals surface area contributed by atoms with E-state index in [2.05, 4.69) is 41.3 Å². The monoisotopic (exact) mass is 390 g/mol. The van der Waals surface area contributed by atoms with Gasteiger partial charge in [-0.3, -0.25) is 4.79 Å². The van der Waals surface area contributed by atoms with E-state index in [0.717, 1.165) is 10.6 Å². The standard InChI is InChI=1S/C18H19ClN4O2S/c1-18(2,3)16-22-23-17(26-16)21-14(24)8-9-15-20-10-13(25-15)11-4-6-12(19)7-5-11/h4-7,10H,8-9H2,1-3H3,(H,21,23,24). The Morgan fingerprint density at radius 2 is 1.96 bits per heavy atom. The molecule has 0 spiro atoms. The quantitative estimate of drug-likeness (QED) is 0.681. The van der Waals surface area contributed by atoms with Crippen LogP contribution in [0.1, 0.15) is 38.1 Å². The Morgan fingerprint density at radius 3 is 2.62 bits per heavy atom. The molecular formula is C18H19ClN4O2S. The van der Waals surface area contributed by atoms with E-state index >= 15 is 0 Å². The second-order valence-electron chi connectivity index (χ2n) is 6.84. The Kier molecular flexibility index (Phi) is 5.38. The van der Waals surface area contributed by atoms with E-state index in [4.69, 9.17) is 16.0 Å². The molecule has 0 aliphatic rings. The number of halogens is 1. The molecule has 0 atom stereocenters. The minimum Gasteiger partial charge on any atom is -0.441 e. The fraction of sp³-hybridized carbons (Fsp3) is 0.333. The second kappa shape index (κ2) is 7.55. The lowest BCUT2D eigenvalue weighted by molar-refractivity contribution is -0.116. The summed E-state index contributed by atoms with van der Waals surface area (Å²) in [7, 11) is 0. The number of hydrogen-bond donors (Lipinski definition) is 1. The first-order valence-electron chi connectivity index (χ1n) is 8.16. The number of amides is 1. The maximum absolute atomic E-state index is 12.1. The summed E-state index contributed by atoms with van der Waals surface area (Å²) in [6.07, 6.45) is 2.31. The average molecular weight is 391 g/mol. The van der Waals surface area contributed by atoms with Gasteiger partial charge in [0.15, 0.2) is 11.7 Å². The molecule has 0 unspecified atom stereocenters. The van der Waals surface area contributed by atoms with Gasteiger partial charge in [0.2, 0.25) is 11.0 Å². The number of rotatable bonds is 5. The van der Waals surface area contributed by atoms with Gasteiger partial charge < -0.3 is 9.73 Å². The summed E-state index contributed by atoms with van der Waals surface area (Å²) in [6.45, 7) is 6.17. The Bertz CT molecular complexity index is 897. The van der Waals surface area contributed by atoms with Gasteiger partial charge in [0.1, 0.15) is 5.01 Å². The predicted octanol–water partition coefficient (Wildman–Crippen LogP) is 4.72. The van der Waals surface area contributed by atoms with Crippen molar-refractivity contribution in [3.8, 4) is 11.3 Å². The number of oxazole rings is 1. The van der Waals surface area contributed by atoms with Crippen LogP contribution in [0.4, 0.5) is 5.13 Å². The van der Waals surface area contributed by atoms with E-state index in [1.165, 1.54) is 11.3 Å². The van der Waals surface area contributed by atoms with E-state index in [1.54, 1.807) is 18.3 Å². The summed E-state index contributed by atoms with van der Waals surface area (Å²) < 4.78 is 5.70. The molecule has 136 valence electrons. The van der Waals surface area contributed by atoms with Gasteiger partial charge in [-0.1, -0.05) is 43.7 Å². The van der Waals surface area contributed by atoms with Crippen molar-refractivity contribution in [3.05, 3.63) is 46.4 Å². The smallest absolute Gasteiger partial charge is 0.226 e. The highest BCUT2D eigenvalue weighted by atomic mass is 35.5. The Morgan fingerprint density at radius 1 is 1.23 bits per heavy atom. The average Bonchev–Trinajstić information content (AvgIpc) is 3.22. The van der Waals surface area contributed by atoms with Crippen LogP contribution in [-0.2, 0) is 16.6 Å². The van der Waals surface area contributed by atoms with Gasteiger partial charge in [0.05, 0.1) is 6.20 Å². The van der Waals surface area contributed by atoms with Crippen LogP contribution in [0.2, 0.25) is 5.02 Å². The molecule has 2 aromatic heterocycles. The maximum atomic E-state index is 12.1. The number of anilines is 1. The highest BCUT2D eigenvalue weighted by Crippen LogP contribution is 2.28. The van der Waals surface area contributed by atoms with Crippen molar-refractivity contribution >= 4 is 34.0 Å². The number of carbonyl (C=O) groups excluding carboxylic acids is 1. The minimum atomic E-state index is -0.146. The third-order valence-corrected chi connectivity index (χ3v) is 5.08. The number of nitrogens with one attached hydrogen (secondary N) is 1. The number of benzene rings is 1. The molecule has 1 amide bonds. The van der Waals surface area contributed by atoms with Crippen molar-refractivity contribution in [2.75, 3.05) is 5.32 Å². The fourth-order valence-electron chi connectivity index (χ4n) is 2.15. The van der Waals surface area contributed by atoms with Gasteiger partial charge in [-0.15, -0.1) is 10.2 Å². The molecule has 3 rings (SSSR count). The number of aryl methyl sites for hydroxylation is 1. The third kappa shape index (κ3) is 4.68. The van der Waals surface area contributed by atoms with Crippen molar-refractivity contribution in [2.45, 2.75) is 39.0 Å². The van der Waals surface area contributed by atoms with E-state index in [1.807, 2.05) is 12.1 Å². The zero-order valence-electron chi connectivity index (χ0n) is 14.7. The van der Waals surface area contributed by atoms with Gasteiger partial charge in [0, 0.05) is 28.8 Å². The van der Waals surface area contributed by atoms with Crippen LogP contribution in [-0.4, -0.2) is 21.1 Å². The largest absolute Gasteiger partial charge is 0.441 e. The molecule has 26 heavy (non-hydrogen) atoms. The second-order valence-corrected chi connectivity index (χ2v) is 8.25. The summed E-state index contributed by atoms with van der Waals surface area (Å²) in [6, 6.07) is 7.31. The zero-order valence-corrected chi connectivity index (χ0v) is 16.3. The number of nitrogens with zero attached hydrogens (tertiary/aromatic N) is 3. The Hall–Kier alpha value is -2.25. The molecule has 0 aliphatic carbocycles.